The van der Waals surface area contributed by atoms with Gasteiger partial charge >= 0.3 is 0 Å². The van der Waals surface area contributed by atoms with Gasteiger partial charge < -0.3 is 26.2 Å². The lowest BCUT2D eigenvalue weighted by Gasteiger charge is -2.28. The first-order chi connectivity index (χ1) is 22.8. The van der Waals surface area contributed by atoms with Crippen molar-refractivity contribution >= 4 is 21.7 Å². The van der Waals surface area contributed by atoms with E-state index in [1.54, 1.807) is 0 Å². The summed E-state index contributed by atoms with van der Waals surface area (Å²) in [5, 5.41) is 28.7. The van der Waals surface area contributed by atoms with Crippen LogP contribution in [0.3, 0.4) is 0 Å². The average molecular weight is 688 g/mol. The monoisotopic (exact) mass is 687 g/mol. The van der Waals surface area contributed by atoms with E-state index < -0.39 is 62.5 Å². The highest BCUT2D eigenvalue weighted by molar-refractivity contribution is 7.92. The van der Waals surface area contributed by atoms with E-state index in [2.05, 4.69) is 16.0 Å². The highest BCUT2D eigenvalue weighted by atomic mass is 32.2. The highest BCUT2D eigenvalue weighted by Gasteiger charge is 2.34. The van der Waals surface area contributed by atoms with Crippen LogP contribution in [-0.2, 0) is 34.0 Å². The van der Waals surface area contributed by atoms with E-state index in [0.29, 0.717) is 38.3 Å². The van der Waals surface area contributed by atoms with E-state index >= 15 is 0 Å². The molecule has 9 nitrogen and oxygen atoms in total. The summed E-state index contributed by atoms with van der Waals surface area (Å²) in [5.74, 6) is -4.25. The quantitative estimate of drug-likeness (QED) is 0.124. The zero-order chi connectivity index (χ0) is 35.3. The lowest BCUT2D eigenvalue weighted by Crippen LogP contribution is -2.57. The molecule has 0 spiro atoms. The highest BCUT2D eigenvalue weighted by Crippen LogP contribution is 2.19. The van der Waals surface area contributed by atoms with Gasteiger partial charge in [-0.1, -0.05) is 63.9 Å². The van der Waals surface area contributed by atoms with Gasteiger partial charge in [-0.05, 0) is 72.7 Å². The van der Waals surface area contributed by atoms with Gasteiger partial charge in [0.25, 0.3) is 5.91 Å². The van der Waals surface area contributed by atoms with Crippen molar-refractivity contribution in [1.29, 1.82) is 0 Å². The van der Waals surface area contributed by atoms with E-state index in [9.17, 15) is 37.0 Å². The number of phenols is 1. The number of aromatic hydroxyl groups is 1. The van der Waals surface area contributed by atoms with Crippen molar-refractivity contribution < 1.29 is 37.0 Å². The Bertz CT molecular complexity index is 1590. The SMILES string of the molecule is CCCC(CCC)S(=O)(=O)C[C@@H](NC(=O)c1cccc(O)c1)C(=O)N[C@@H](Cc1cc(F)cc(F)c1)[C@H](O)CNCc1cccc(CC)c1. The molecular formula is C36H47F2N3O6S. The van der Waals surface area contributed by atoms with Crippen LogP contribution in [0.15, 0.2) is 66.7 Å². The summed E-state index contributed by atoms with van der Waals surface area (Å²) in [7, 11) is -3.90. The molecule has 3 aromatic rings. The summed E-state index contributed by atoms with van der Waals surface area (Å²) in [5.41, 5.74) is 2.28. The van der Waals surface area contributed by atoms with Crippen molar-refractivity contribution in [3.63, 3.8) is 0 Å². The molecule has 0 aliphatic rings. The molecule has 5 N–H and O–H groups in total. The Hall–Kier alpha value is -3.87. The van der Waals surface area contributed by atoms with Crippen molar-refractivity contribution in [2.45, 2.75) is 89.3 Å². The molecule has 0 heterocycles. The van der Waals surface area contributed by atoms with Crippen LogP contribution < -0.4 is 16.0 Å². The Balaban J connectivity index is 1.89. The van der Waals surface area contributed by atoms with Crippen LogP contribution in [0.1, 0.15) is 73.5 Å². The predicted molar refractivity (Wildman–Crippen MR) is 182 cm³/mol. The minimum absolute atomic E-state index is 0.00651. The maximum Gasteiger partial charge on any atom is 0.252 e. The van der Waals surface area contributed by atoms with E-state index in [1.807, 2.05) is 45.0 Å². The lowest BCUT2D eigenvalue weighted by atomic mass is 10.00. The molecule has 0 unspecified atom stereocenters. The van der Waals surface area contributed by atoms with Crippen LogP contribution >= 0.6 is 0 Å². The molecule has 3 aromatic carbocycles. The van der Waals surface area contributed by atoms with Crippen LogP contribution in [0.5, 0.6) is 5.75 Å². The molecule has 0 fully saturated rings. The summed E-state index contributed by atoms with van der Waals surface area (Å²) in [4.78, 5) is 27.1. The second-order valence-corrected chi connectivity index (χ2v) is 14.4. The summed E-state index contributed by atoms with van der Waals surface area (Å²) in [6.45, 7) is 6.14. The first-order valence-corrected chi connectivity index (χ1v) is 18.1. The van der Waals surface area contributed by atoms with Gasteiger partial charge in [-0.3, -0.25) is 9.59 Å². The number of amides is 2. The van der Waals surface area contributed by atoms with Crippen molar-refractivity contribution in [3.05, 3.63) is 101 Å². The van der Waals surface area contributed by atoms with Crippen LogP contribution in [0.25, 0.3) is 0 Å². The van der Waals surface area contributed by atoms with Crippen molar-refractivity contribution in [3.8, 4) is 5.75 Å². The topological polar surface area (TPSA) is 145 Å². The normalized spacial score (nSPS) is 13.6. The van der Waals surface area contributed by atoms with Crippen molar-refractivity contribution in [2.75, 3.05) is 12.3 Å². The number of carbonyl (C=O) groups excluding carboxylic acids is 2. The Morgan fingerprint density at radius 3 is 2.10 bits per heavy atom. The number of aryl methyl sites for hydroxylation is 1. The molecule has 3 atom stereocenters. The third kappa shape index (κ3) is 12.0. The molecule has 3 rings (SSSR count). The molecule has 0 aliphatic heterocycles. The van der Waals surface area contributed by atoms with E-state index in [1.165, 1.54) is 24.3 Å². The van der Waals surface area contributed by atoms with E-state index in [-0.39, 0.29) is 29.8 Å². The van der Waals surface area contributed by atoms with Crippen LogP contribution in [0.2, 0.25) is 0 Å². The van der Waals surface area contributed by atoms with Gasteiger partial charge in [0.1, 0.15) is 23.4 Å². The minimum atomic E-state index is -3.90. The van der Waals surface area contributed by atoms with Gasteiger partial charge in [-0.25, -0.2) is 17.2 Å². The fourth-order valence-electron chi connectivity index (χ4n) is 5.60. The van der Waals surface area contributed by atoms with Gasteiger partial charge in [0, 0.05) is 24.7 Å². The van der Waals surface area contributed by atoms with Gasteiger partial charge in [0.05, 0.1) is 23.1 Å². The molecule has 0 saturated carbocycles. The maximum absolute atomic E-state index is 14.1. The van der Waals surface area contributed by atoms with Gasteiger partial charge in [0.2, 0.25) is 5.91 Å². The molecule has 0 bridgehead atoms. The van der Waals surface area contributed by atoms with Crippen molar-refractivity contribution in [1.82, 2.24) is 16.0 Å². The Morgan fingerprint density at radius 1 is 0.833 bits per heavy atom. The number of benzene rings is 3. The molecular weight excluding hydrogens is 640 g/mol. The van der Waals surface area contributed by atoms with Crippen LogP contribution in [0, 0.1) is 11.6 Å². The summed E-state index contributed by atoms with van der Waals surface area (Å²) in [6, 6.07) is 13.5. The third-order valence-corrected chi connectivity index (χ3v) is 10.4. The number of phenolic OH excluding ortho intramolecular Hbond substituents is 1. The van der Waals surface area contributed by atoms with Gasteiger partial charge in [-0.2, -0.15) is 0 Å². The first-order valence-electron chi connectivity index (χ1n) is 16.4. The zero-order valence-corrected chi connectivity index (χ0v) is 28.5. The molecule has 0 aromatic heterocycles. The average Bonchev–Trinajstić information content (AvgIpc) is 3.03. The number of aliphatic hydroxyl groups is 1. The molecule has 12 heteroatoms. The number of aliphatic hydroxyl groups excluding tert-OH is 1. The minimum Gasteiger partial charge on any atom is -0.508 e. The lowest BCUT2D eigenvalue weighted by molar-refractivity contribution is -0.124. The number of nitrogens with one attached hydrogen (secondary N) is 3. The second-order valence-electron chi connectivity index (χ2n) is 12.1. The van der Waals surface area contributed by atoms with Gasteiger partial charge in [0.15, 0.2) is 9.84 Å². The molecule has 0 aliphatic carbocycles. The van der Waals surface area contributed by atoms with E-state index in [0.717, 1.165) is 29.7 Å². The van der Waals surface area contributed by atoms with Crippen molar-refractivity contribution in [2.24, 2.45) is 0 Å². The molecule has 0 saturated heterocycles. The molecule has 0 radical (unpaired) electrons. The second kappa shape index (κ2) is 18.6. The smallest absolute Gasteiger partial charge is 0.252 e. The summed E-state index contributed by atoms with van der Waals surface area (Å²) >= 11 is 0. The number of hydrogen-bond donors (Lipinski definition) is 5. The van der Waals surface area contributed by atoms with Crippen LogP contribution in [0.4, 0.5) is 8.78 Å². The maximum atomic E-state index is 14.1. The predicted octanol–water partition coefficient (Wildman–Crippen LogP) is 4.59. The summed E-state index contributed by atoms with van der Waals surface area (Å²) in [6.07, 6.45) is 1.35. The standard InChI is InChI=1S/C36H47F2N3O6S/c1-4-9-31(10-5-2)48(46,47)23-33(41-35(44)27-13-8-14-30(42)19-27)36(45)40-32(18-26-16-28(37)20-29(38)17-26)34(43)22-39-21-25-12-7-11-24(6-3)15-25/h7-8,11-17,19-20,31-34,39,42-43H,4-6,9-10,18,21-23H2,1-3H3,(H,40,45)(H,41,44)/t32-,33+,34+/m0/s1. The Morgan fingerprint density at radius 2 is 1.48 bits per heavy atom. The number of hydrogen-bond acceptors (Lipinski definition) is 7. The fourth-order valence-corrected chi connectivity index (χ4v) is 7.76. The fraction of sp³-hybridized carbons (Fsp3) is 0.444. The molecule has 48 heavy (non-hydrogen) atoms. The Labute approximate surface area is 282 Å². The largest absolute Gasteiger partial charge is 0.508 e. The first kappa shape index (κ1) is 38.6. The number of rotatable bonds is 19. The molecule has 2 amide bonds. The van der Waals surface area contributed by atoms with E-state index in [4.69, 9.17) is 0 Å². The number of sulfone groups is 1. The summed E-state index contributed by atoms with van der Waals surface area (Å²) < 4.78 is 55.4. The zero-order valence-electron chi connectivity index (χ0n) is 27.7. The van der Waals surface area contributed by atoms with Gasteiger partial charge in [-0.15, -0.1) is 0 Å². The Kier molecular flexibility index (Phi) is 15.0. The van der Waals surface area contributed by atoms with Crippen LogP contribution in [-0.4, -0.2) is 66.2 Å². The third-order valence-electron chi connectivity index (χ3n) is 8.11. The number of carbonyl (C=O) groups is 2. The molecule has 262 valence electrons. The number of halogens is 2.